The van der Waals surface area contributed by atoms with E-state index in [0.717, 1.165) is 37.8 Å². The molecule has 0 unspecified atom stereocenters. The van der Waals surface area contributed by atoms with E-state index in [1.807, 2.05) is 6.07 Å². The van der Waals surface area contributed by atoms with Crippen molar-refractivity contribution in [2.75, 3.05) is 33.8 Å². The molecule has 0 aliphatic rings. The third-order valence-electron chi connectivity index (χ3n) is 3.62. The number of unbranched alkanes of at least 4 members (excludes halogenated alkanes) is 1. The summed E-state index contributed by atoms with van der Waals surface area (Å²) in [5.41, 5.74) is 2.48. The quantitative estimate of drug-likeness (QED) is 0.384. The summed E-state index contributed by atoms with van der Waals surface area (Å²) < 4.78 is 5.43. The van der Waals surface area contributed by atoms with Gasteiger partial charge in [0, 0.05) is 26.7 Å². The van der Waals surface area contributed by atoms with Gasteiger partial charge in [0.1, 0.15) is 5.75 Å². The number of aryl methyl sites for hydroxylation is 1. The topological polar surface area (TPSA) is 36.9 Å². The highest BCUT2D eigenvalue weighted by molar-refractivity contribution is 14.0. The SMILES string of the molecule is CCCCN(C)C(=NCCc1cc(C)ccc1OC)NCC.I. The van der Waals surface area contributed by atoms with E-state index in [2.05, 4.69) is 50.2 Å². The summed E-state index contributed by atoms with van der Waals surface area (Å²) in [7, 11) is 3.82. The van der Waals surface area contributed by atoms with Crippen molar-refractivity contribution in [3.8, 4) is 5.75 Å². The average Bonchev–Trinajstić information content (AvgIpc) is 2.52. The monoisotopic (exact) mass is 433 g/mol. The van der Waals surface area contributed by atoms with Crippen molar-refractivity contribution in [3.05, 3.63) is 29.3 Å². The molecule has 0 amide bonds. The Bertz CT molecular complexity index is 477. The van der Waals surface area contributed by atoms with E-state index in [4.69, 9.17) is 9.73 Å². The molecular weight excluding hydrogens is 401 g/mol. The largest absolute Gasteiger partial charge is 0.496 e. The number of nitrogens with zero attached hydrogens (tertiary/aromatic N) is 2. The highest BCUT2D eigenvalue weighted by Gasteiger charge is 2.06. The fraction of sp³-hybridized carbons (Fsp3) is 0.611. The average molecular weight is 433 g/mol. The lowest BCUT2D eigenvalue weighted by Crippen LogP contribution is -2.39. The zero-order chi connectivity index (χ0) is 16.4. The van der Waals surface area contributed by atoms with Gasteiger partial charge in [0.2, 0.25) is 0 Å². The van der Waals surface area contributed by atoms with Gasteiger partial charge in [-0.1, -0.05) is 31.0 Å². The van der Waals surface area contributed by atoms with E-state index in [0.29, 0.717) is 0 Å². The minimum Gasteiger partial charge on any atom is -0.496 e. The van der Waals surface area contributed by atoms with E-state index in [9.17, 15) is 0 Å². The predicted molar refractivity (Wildman–Crippen MR) is 110 cm³/mol. The minimum absolute atomic E-state index is 0. The number of hydrogen-bond donors (Lipinski definition) is 1. The van der Waals surface area contributed by atoms with Crippen LogP contribution in [0, 0.1) is 6.92 Å². The Hall–Kier alpha value is -0.980. The molecule has 0 aliphatic carbocycles. The standard InChI is InChI=1S/C18H31N3O.HI/c1-6-8-13-21(4)18(19-7-2)20-12-11-16-14-15(3)9-10-17(16)22-5;/h9-10,14H,6-8,11-13H2,1-5H3,(H,19,20);1H. The van der Waals surface area contributed by atoms with Crippen LogP contribution in [0.4, 0.5) is 0 Å². The summed E-state index contributed by atoms with van der Waals surface area (Å²) in [5.74, 6) is 1.94. The third kappa shape index (κ3) is 7.90. The maximum atomic E-state index is 5.43. The zero-order valence-corrected chi connectivity index (χ0v) is 17.5. The molecule has 1 rings (SSSR count). The van der Waals surface area contributed by atoms with Gasteiger partial charge in [-0.15, -0.1) is 24.0 Å². The fourth-order valence-electron chi connectivity index (χ4n) is 2.36. The molecule has 23 heavy (non-hydrogen) atoms. The smallest absolute Gasteiger partial charge is 0.193 e. The van der Waals surface area contributed by atoms with Crippen molar-refractivity contribution in [2.24, 2.45) is 4.99 Å². The van der Waals surface area contributed by atoms with Crippen molar-refractivity contribution in [1.29, 1.82) is 0 Å². The van der Waals surface area contributed by atoms with Gasteiger partial charge in [-0.2, -0.15) is 0 Å². The minimum atomic E-state index is 0. The molecule has 0 radical (unpaired) electrons. The maximum Gasteiger partial charge on any atom is 0.193 e. The summed E-state index contributed by atoms with van der Waals surface area (Å²) in [5, 5.41) is 3.36. The molecule has 0 fully saturated rings. The van der Waals surface area contributed by atoms with E-state index in [1.165, 1.54) is 24.0 Å². The van der Waals surface area contributed by atoms with Crippen molar-refractivity contribution in [3.63, 3.8) is 0 Å². The van der Waals surface area contributed by atoms with Gasteiger partial charge in [0.05, 0.1) is 7.11 Å². The predicted octanol–water partition coefficient (Wildman–Crippen LogP) is 3.86. The Balaban J connectivity index is 0.00000484. The number of halogens is 1. The maximum absolute atomic E-state index is 5.43. The zero-order valence-electron chi connectivity index (χ0n) is 15.2. The Morgan fingerprint density at radius 3 is 2.65 bits per heavy atom. The van der Waals surface area contributed by atoms with E-state index in [-0.39, 0.29) is 24.0 Å². The second-order valence-corrected chi connectivity index (χ2v) is 5.58. The lowest BCUT2D eigenvalue weighted by molar-refractivity contribution is 0.409. The lowest BCUT2D eigenvalue weighted by Gasteiger charge is -2.21. The second-order valence-electron chi connectivity index (χ2n) is 5.58. The molecule has 0 aromatic heterocycles. The summed E-state index contributed by atoms with van der Waals surface area (Å²) in [6.07, 6.45) is 3.28. The molecule has 0 saturated heterocycles. The van der Waals surface area contributed by atoms with Crippen molar-refractivity contribution >= 4 is 29.9 Å². The third-order valence-corrected chi connectivity index (χ3v) is 3.62. The van der Waals surface area contributed by atoms with E-state index >= 15 is 0 Å². The van der Waals surface area contributed by atoms with Crippen LogP contribution in [0.2, 0.25) is 0 Å². The number of nitrogens with one attached hydrogen (secondary N) is 1. The second kappa shape index (κ2) is 12.4. The van der Waals surface area contributed by atoms with Gasteiger partial charge >= 0.3 is 0 Å². The van der Waals surface area contributed by atoms with Gasteiger partial charge < -0.3 is 15.0 Å². The van der Waals surface area contributed by atoms with E-state index < -0.39 is 0 Å². The summed E-state index contributed by atoms with van der Waals surface area (Å²) >= 11 is 0. The van der Waals surface area contributed by atoms with Crippen LogP contribution in [0.3, 0.4) is 0 Å². The van der Waals surface area contributed by atoms with E-state index in [1.54, 1.807) is 7.11 Å². The Morgan fingerprint density at radius 2 is 2.04 bits per heavy atom. The molecule has 132 valence electrons. The molecule has 4 nitrogen and oxygen atoms in total. The Morgan fingerprint density at radius 1 is 1.30 bits per heavy atom. The number of aliphatic imine (C=N–C) groups is 1. The first-order valence-corrected chi connectivity index (χ1v) is 8.25. The highest BCUT2D eigenvalue weighted by atomic mass is 127. The number of methoxy groups -OCH3 is 1. The lowest BCUT2D eigenvalue weighted by atomic mass is 10.1. The van der Waals surface area contributed by atoms with Crippen LogP contribution in [0.25, 0.3) is 0 Å². The fourth-order valence-corrected chi connectivity index (χ4v) is 2.36. The van der Waals surface area contributed by atoms with Gasteiger partial charge in [0.25, 0.3) is 0 Å². The molecule has 0 saturated carbocycles. The molecule has 1 N–H and O–H groups in total. The van der Waals surface area contributed by atoms with Crippen molar-refractivity contribution in [2.45, 2.75) is 40.0 Å². The van der Waals surface area contributed by atoms with Gasteiger partial charge in [-0.3, -0.25) is 4.99 Å². The van der Waals surface area contributed by atoms with Crippen LogP contribution >= 0.6 is 24.0 Å². The molecule has 1 aromatic rings. The molecule has 0 bridgehead atoms. The van der Waals surface area contributed by atoms with Gasteiger partial charge in [0.15, 0.2) is 5.96 Å². The van der Waals surface area contributed by atoms with Crippen molar-refractivity contribution in [1.82, 2.24) is 10.2 Å². The number of hydrogen-bond acceptors (Lipinski definition) is 2. The first kappa shape index (κ1) is 22.0. The molecule has 0 atom stereocenters. The Labute approximate surface area is 158 Å². The Kier molecular flexibility index (Phi) is 11.9. The summed E-state index contributed by atoms with van der Waals surface area (Å²) in [6, 6.07) is 6.29. The number of ether oxygens (including phenoxy) is 1. The van der Waals surface area contributed by atoms with Crippen LogP contribution in [-0.2, 0) is 6.42 Å². The van der Waals surface area contributed by atoms with Crippen LogP contribution in [0.15, 0.2) is 23.2 Å². The van der Waals surface area contributed by atoms with Crippen LogP contribution in [-0.4, -0.2) is 44.7 Å². The van der Waals surface area contributed by atoms with Gasteiger partial charge in [-0.05, 0) is 38.3 Å². The first-order valence-electron chi connectivity index (χ1n) is 8.25. The molecular formula is C18H32IN3O. The van der Waals surface area contributed by atoms with Crippen LogP contribution < -0.4 is 10.1 Å². The van der Waals surface area contributed by atoms with Crippen LogP contribution in [0.5, 0.6) is 5.75 Å². The molecule has 0 spiro atoms. The molecule has 0 heterocycles. The molecule has 0 aliphatic heterocycles. The number of rotatable bonds is 8. The number of guanidine groups is 1. The van der Waals surface area contributed by atoms with Gasteiger partial charge in [-0.25, -0.2) is 0 Å². The summed E-state index contributed by atoms with van der Waals surface area (Å²) in [4.78, 5) is 6.95. The van der Waals surface area contributed by atoms with Crippen LogP contribution in [0.1, 0.15) is 37.8 Å². The number of benzene rings is 1. The molecule has 5 heteroatoms. The first-order chi connectivity index (χ1) is 10.6. The summed E-state index contributed by atoms with van der Waals surface area (Å²) in [6.45, 7) is 9.11. The normalized spacial score (nSPS) is 10.9. The molecule has 1 aromatic carbocycles. The van der Waals surface area contributed by atoms with Crippen molar-refractivity contribution < 1.29 is 4.74 Å². The highest BCUT2D eigenvalue weighted by Crippen LogP contribution is 2.20.